The van der Waals surface area contributed by atoms with Gasteiger partial charge in [0.1, 0.15) is 5.75 Å². The molecule has 0 unspecified atom stereocenters. The predicted molar refractivity (Wildman–Crippen MR) is 98.0 cm³/mol. The molecule has 0 saturated heterocycles. The topological polar surface area (TPSA) is 44.0 Å². The van der Waals surface area contributed by atoms with E-state index in [9.17, 15) is 18.3 Å². The van der Waals surface area contributed by atoms with Gasteiger partial charge in [-0.15, -0.1) is 0 Å². The van der Waals surface area contributed by atoms with Crippen molar-refractivity contribution in [1.82, 2.24) is 0 Å². The van der Waals surface area contributed by atoms with Crippen LogP contribution in [0.5, 0.6) is 5.75 Å². The molecule has 0 spiro atoms. The molecule has 1 N–H and O–H groups in total. The van der Waals surface area contributed by atoms with Crippen LogP contribution >= 0.6 is 0 Å². The summed E-state index contributed by atoms with van der Waals surface area (Å²) < 4.78 is 39.5. The molecule has 0 fully saturated rings. The Morgan fingerprint density at radius 3 is 2.33 bits per heavy atom. The van der Waals surface area contributed by atoms with Gasteiger partial charge in [-0.2, -0.15) is 18.4 Å². The molecule has 5 heteroatoms. The van der Waals surface area contributed by atoms with Crippen molar-refractivity contribution in [3.63, 3.8) is 0 Å². The van der Waals surface area contributed by atoms with Gasteiger partial charge in [0.15, 0.2) is 0 Å². The maximum absolute atomic E-state index is 13.2. The number of aromatic hydroxyl groups is 1. The molecule has 2 aromatic rings. The molecular weight excluding hydrogens is 351 g/mol. The van der Waals surface area contributed by atoms with Crippen molar-refractivity contribution in [2.75, 3.05) is 0 Å². The highest BCUT2D eigenvalue weighted by atomic mass is 19.4. The number of alkyl halides is 3. The zero-order chi connectivity index (χ0) is 20.0. The van der Waals surface area contributed by atoms with Gasteiger partial charge in [0, 0.05) is 11.1 Å². The van der Waals surface area contributed by atoms with Gasteiger partial charge in [-0.3, -0.25) is 0 Å². The first-order valence-corrected chi connectivity index (χ1v) is 8.66. The lowest BCUT2D eigenvalue weighted by Gasteiger charge is -2.10. The highest BCUT2D eigenvalue weighted by Gasteiger charge is 2.33. The fourth-order valence-corrected chi connectivity index (χ4v) is 2.70. The lowest BCUT2D eigenvalue weighted by molar-refractivity contribution is -0.137. The average molecular weight is 371 g/mol. The van der Waals surface area contributed by atoms with E-state index in [0.717, 1.165) is 24.5 Å². The van der Waals surface area contributed by atoms with Gasteiger partial charge in [-0.1, -0.05) is 32.1 Å². The second-order valence-corrected chi connectivity index (χ2v) is 6.75. The molecule has 0 aliphatic carbocycles. The number of aryl methyl sites for hydroxylation is 1. The van der Waals surface area contributed by atoms with Crippen molar-refractivity contribution >= 4 is 0 Å². The van der Waals surface area contributed by atoms with Gasteiger partial charge < -0.3 is 5.11 Å². The summed E-state index contributed by atoms with van der Waals surface area (Å²) in [5.41, 5.74) is 0.803. The van der Waals surface area contributed by atoms with Gasteiger partial charge >= 0.3 is 6.18 Å². The molecule has 0 atom stereocenters. The number of rotatable bonds is 4. The molecular formula is C22H20F3NO. The number of hydrogen-bond acceptors (Lipinski definition) is 2. The molecule has 27 heavy (non-hydrogen) atoms. The summed E-state index contributed by atoms with van der Waals surface area (Å²) in [5, 5.41) is 18.4. The highest BCUT2D eigenvalue weighted by Crippen LogP contribution is 2.33. The summed E-state index contributed by atoms with van der Waals surface area (Å²) in [7, 11) is 0. The molecule has 0 bridgehead atoms. The van der Waals surface area contributed by atoms with E-state index in [0.29, 0.717) is 29.5 Å². The number of phenolic OH excluding ortho intramolecular Hbond substituents is 1. The SMILES string of the molecule is CC(C)CCCc1cc(C#N)ccc1C#Cc1ccc(O)cc1C(F)(F)F. The number of phenols is 1. The van der Waals surface area contributed by atoms with E-state index in [1.165, 1.54) is 6.07 Å². The van der Waals surface area contributed by atoms with Gasteiger partial charge in [-0.05, 0) is 60.7 Å². The maximum Gasteiger partial charge on any atom is 0.417 e. The Labute approximate surface area is 157 Å². The quantitative estimate of drug-likeness (QED) is 0.705. The van der Waals surface area contributed by atoms with E-state index in [-0.39, 0.29) is 5.56 Å². The van der Waals surface area contributed by atoms with Crippen LogP contribution in [-0.2, 0) is 12.6 Å². The first kappa shape index (κ1) is 20.4. The number of hydrogen-bond donors (Lipinski definition) is 1. The minimum Gasteiger partial charge on any atom is -0.508 e. The second kappa shape index (κ2) is 8.64. The largest absolute Gasteiger partial charge is 0.508 e. The van der Waals surface area contributed by atoms with Crippen LogP contribution in [0.4, 0.5) is 13.2 Å². The molecule has 0 amide bonds. The molecule has 2 aromatic carbocycles. The maximum atomic E-state index is 13.2. The van der Waals surface area contributed by atoms with E-state index in [2.05, 4.69) is 31.8 Å². The van der Waals surface area contributed by atoms with Crippen LogP contribution in [-0.4, -0.2) is 5.11 Å². The number of nitriles is 1. The molecule has 2 nitrogen and oxygen atoms in total. The summed E-state index contributed by atoms with van der Waals surface area (Å²) in [6.45, 7) is 4.24. The van der Waals surface area contributed by atoms with Crippen molar-refractivity contribution in [1.29, 1.82) is 5.26 Å². The minimum absolute atomic E-state index is 0.196. The predicted octanol–water partition coefficient (Wildman–Crippen LogP) is 5.66. The van der Waals surface area contributed by atoms with Crippen molar-refractivity contribution in [3.05, 3.63) is 64.2 Å². The molecule has 0 saturated carbocycles. The van der Waals surface area contributed by atoms with Gasteiger partial charge in [0.2, 0.25) is 0 Å². The third-order valence-electron chi connectivity index (χ3n) is 4.10. The Balaban J connectivity index is 2.40. The molecule has 2 rings (SSSR count). The number of nitrogens with zero attached hydrogens (tertiary/aromatic N) is 1. The minimum atomic E-state index is -4.60. The van der Waals surface area contributed by atoms with Crippen molar-refractivity contribution in [2.24, 2.45) is 5.92 Å². The highest BCUT2D eigenvalue weighted by molar-refractivity contribution is 5.53. The Bertz CT molecular complexity index is 912. The van der Waals surface area contributed by atoms with E-state index < -0.39 is 17.5 Å². The van der Waals surface area contributed by atoms with Crippen LogP contribution in [0, 0.1) is 29.1 Å². The average Bonchev–Trinajstić information content (AvgIpc) is 2.60. The lowest BCUT2D eigenvalue weighted by Crippen LogP contribution is -2.07. The normalized spacial score (nSPS) is 11.0. The second-order valence-electron chi connectivity index (χ2n) is 6.75. The Kier molecular flexibility index (Phi) is 6.53. The van der Waals surface area contributed by atoms with Crippen LogP contribution in [0.2, 0.25) is 0 Å². The van der Waals surface area contributed by atoms with Gasteiger partial charge in [-0.25, -0.2) is 0 Å². The first-order valence-electron chi connectivity index (χ1n) is 8.66. The Morgan fingerprint density at radius 1 is 1.04 bits per heavy atom. The van der Waals surface area contributed by atoms with Crippen molar-refractivity contribution in [3.8, 4) is 23.7 Å². The number of halogens is 3. The third kappa shape index (κ3) is 5.79. The molecule has 0 radical (unpaired) electrons. The van der Waals surface area contributed by atoms with Gasteiger partial charge in [0.25, 0.3) is 0 Å². The van der Waals surface area contributed by atoms with Crippen LogP contribution in [0.25, 0.3) is 0 Å². The molecule has 0 heterocycles. The molecule has 0 aromatic heterocycles. The monoisotopic (exact) mass is 371 g/mol. The third-order valence-corrected chi connectivity index (χ3v) is 4.10. The van der Waals surface area contributed by atoms with E-state index in [1.807, 2.05) is 0 Å². The van der Waals surface area contributed by atoms with Crippen molar-refractivity contribution in [2.45, 2.75) is 39.3 Å². The lowest BCUT2D eigenvalue weighted by atomic mass is 9.97. The van der Waals surface area contributed by atoms with Crippen LogP contribution in [0.3, 0.4) is 0 Å². The summed E-state index contributed by atoms with van der Waals surface area (Å²) in [6, 6.07) is 10.1. The standard InChI is InChI=1S/C22H20F3NO/c1-15(2)4-3-5-19-12-16(14-26)6-7-17(19)8-9-18-10-11-20(27)13-21(18)22(23,24)25/h6-7,10-13,15,27H,3-5H2,1-2H3. The van der Waals surface area contributed by atoms with Crippen LogP contribution < -0.4 is 0 Å². The summed E-state index contributed by atoms with van der Waals surface area (Å²) in [4.78, 5) is 0. The zero-order valence-electron chi connectivity index (χ0n) is 15.2. The summed E-state index contributed by atoms with van der Waals surface area (Å²) in [6.07, 6.45) is -1.97. The van der Waals surface area contributed by atoms with Crippen LogP contribution in [0.1, 0.15) is 54.5 Å². The van der Waals surface area contributed by atoms with E-state index >= 15 is 0 Å². The summed E-state index contributed by atoms with van der Waals surface area (Å²) >= 11 is 0. The van der Waals surface area contributed by atoms with Crippen molar-refractivity contribution < 1.29 is 18.3 Å². The molecule has 0 aliphatic heterocycles. The van der Waals surface area contributed by atoms with E-state index in [4.69, 9.17) is 5.26 Å². The summed E-state index contributed by atoms with van der Waals surface area (Å²) in [5.74, 6) is 5.47. The van der Waals surface area contributed by atoms with Crippen LogP contribution in [0.15, 0.2) is 36.4 Å². The Morgan fingerprint density at radius 2 is 1.70 bits per heavy atom. The number of benzene rings is 2. The fraction of sp³-hybridized carbons (Fsp3) is 0.318. The fourth-order valence-electron chi connectivity index (χ4n) is 2.70. The molecule has 140 valence electrons. The Hall–Kier alpha value is -2.92. The smallest absolute Gasteiger partial charge is 0.417 e. The zero-order valence-corrected chi connectivity index (χ0v) is 15.2. The first-order chi connectivity index (χ1) is 12.7. The van der Waals surface area contributed by atoms with Gasteiger partial charge in [0.05, 0.1) is 17.2 Å². The van der Waals surface area contributed by atoms with E-state index in [1.54, 1.807) is 18.2 Å². The molecule has 0 aliphatic rings.